The van der Waals surface area contributed by atoms with Crippen molar-refractivity contribution in [1.29, 1.82) is 0 Å². The molecule has 5 nitrogen and oxygen atoms in total. The van der Waals surface area contributed by atoms with Crippen LogP contribution in [0, 0.1) is 5.41 Å². The monoisotopic (exact) mass is 339 g/mol. The van der Waals surface area contributed by atoms with Crippen LogP contribution in [0.15, 0.2) is 36.9 Å². The smallest absolute Gasteiger partial charge is 0.119 e. The van der Waals surface area contributed by atoms with E-state index in [2.05, 4.69) is 33.5 Å². The van der Waals surface area contributed by atoms with Crippen molar-refractivity contribution in [2.45, 2.75) is 37.8 Å². The summed E-state index contributed by atoms with van der Waals surface area (Å²) in [6, 6.07) is 6.84. The number of methoxy groups -OCH3 is 2. The number of hydrogen-bond acceptors (Lipinski definition) is 5. The molecule has 4 rings (SSSR count). The van der Waals surface area contributed by atoms with E-state index in [-0.39, 0.29) is 11.5 Å². The topological polar surface area (TPSA) is 56.3 Å². The third-order valence-corrected chi connectivity index (χ3v) is 5.77. The first-order chi connectivity index (χ1) is 12.2. The second-order valence-electron chi connectivity index (χ2n) is 7.28. The summed E-state index contributed by atoms with van der Waals surface area (Å²) in [6.07, 6.45) is 9.81. The van der Waals surface area contributed by atoms with Crippen LogP contribution in [0.3, 0.4) is 0 Å². The lowest BCUT2D eigenvalue weighted by Crippen LogP contribution is -2.47. The van der Waals surface area contributed by atoms with Gasteiger partial charge in [-0.05, 0) is 61.1 Å². The Morgan fingerprint density at radius 1 is 1.24 bits per heavy atom. The average molecular weight is 339 g/mol. The van der Waals surface area contributed by atoms with Crippen molar-refractivity contribution in [1.82, 2.24) is 15.3 Å². The maximum absolute atomic E-state index is 6.02. The number of fused-ring (bicyclic) bond motifs is 1. The van der Waals surface area contributed by atoms with Crippen LogP contribution in [0.5, 0.6) is 5.75 Å². The molecule has 1 aromatic carbocycles. The molecule has 132 valence electrons. The van der Waals surface area contributed by atoms with E-state index in [1.54, 1.807) is 13.4 Å². The van der Waals surface area contributed by atoms with Gasteiger partial charge in [0, 0.05) is 31.0 Å². The zero-order chi connectivity index (χ0) is 17.3. The van der Waals surface area contributed by atoms with Crippen LogP contribution in [0.25, 0.3) is 0 Å². The Morgan fingerprint density at radius 2 is 2.08 bits per heavy atom. The lowest BCUT2D eigenvalue weighted by molar-refractivity contribution is -0.0290. The Balaban J connectivity index is 1.58. The van der Waals surface area contributed by atoms with Crippen LogP contribution in [0.4, 0.5) is 0 Å². The number of piperidine rings is 1. The van der Waals surface area contributed by atoms with Crippen molar-refractivity contribution < 1.29 is 9.47 Å². The van der Waals surface area contributed by atoms with Crippen molar-refractivity contribution >= 4 is 0 Å². The van der Waals surface area contributed by atoms with Gasteiger partial charge in [-0.3, -0.25) is 0 Å². The van der Waals surface area contributed by atoms with E-state index in [9.17, 15) is 0 Å². The fourth-order valence-corrected chi connectivity index (χ4v) is 4.74. The molecule has 0 bridgehead atoms. The second kappa shape index (κ2) is 6.73. The second-order valence-corrected chi connectivity index (χ2v) is 7.28. The summed E-state index contributed by atoms with van der Waals surface area (Å²) in [6.45, 7) is 1.02. The first-order valence-electron chi connectivity index (χ1n) is 8.91. The minimum absolute atomic E-state index is 0.134. The molecule has 2 aliphatic rings. The van der Waals surface area contributed by atoms with Gasteiger partial charge in [0.2, 0.25) is 0 Å². The summed E-state index contributed by atoms with van der Waals surface area (Å²) in [5.74, 6) is 0.907. The normalized spacial score (nSPS) is 28.1. The molecule has 3 unspecified atom stereocenters. The Kier molecular flexibility index (Phi) is 4.44. The lowest BCUT2D eigenvalue weighted by atomic mass is 9.71. The third kappa shape index (κ3) is 3.02. The van der Waals surface area contributed by atoms with Gasteiger partial charge in [0.15, 0.2) is 0 Å². The van der Waals surface area contributed by atoms with Crippen molar-refractivity contribution in [2.75, 3.05) is 20.8 Å². The van der Waals surface area contributed by atoms with Gasteiger partial charge in [0.1, 0.15) is 12.1 Å². The van der Waals surface area contributed by atoms with Crippen molar-refractivity contribution in [3.8, 4) is 5.75 Å². The van der Waals surface area contributed by atoms with Crippen molar-refractivity contribution in [2.24, 2.45) is 5.41 Å². The number of hydrogen-bond donors (Lipinski definition) is 1. The predicted molar refractivity (Wildman–Crippen MR) is 95.6 cm³/mol. The van der Waals surface area contributed by atoms with Crippen LogP contribution < -0.4 is 10.1 Å². The maximum Gasteiger partial charge on any atom is 0.119 e. The standard InChI is InChI=1S/C20H25N3O2/c1-24-17-4-3-15-9-20(19(25-2)18(15)8-17)5-6-23-16(10-20)7-14-11-21-13-22-12-14/h3-4,8,11-13,16,19,23H,5-7,9-10H2,1-2H3. The third-order valence-electron chi connectivity index (χ3n) is 5.77. The van der Waals surface area contributed by atoms with Gasteiger partial charge >= 0.3 is 0 Å². The molecule has 1 aliphatic heterocycles. The quantitative estimate of drug-likeness (QED) is 0.928. The summed E-state index contributed by atoms with van der Waals surface area (Å²) in [7, 11) is 3.56. The molecular formula is C20H25N3O2. The Bertz CT molecular complexity index is 737. The Morgan fingerprint density at radius 3 is 2.84 bits per heavy atom. The molecule has 2 aromatic rings. The van der Waals surface area contributed by atoms with Crippen molar-refractivity contribution in [3.05, 3.63) is 53.6 Å². The number of aromatic nitrogens is 2. The van der Waals surface area contributed by atoms with E-state index in [0.717, 1.165) is 38.0 Å². The summed E-state index contributed by atoms with van der Waals surface area (Å²) < 4.78 is 11.4. The zero-order valence-corrected chi connectivity index (χ0v) is 14.9. The highest BCUT2D eigenvalue weighted by molar-refractivity contribution is 5.43. The highest BCUT2D eigenvalue weighted by Gasteiger charge is 2.49. The van der Waals surface area contributed by atoms with Gasteiger partial charge in [-0.15, -0.1) is 0 Å². The van der Waals surface area contributed by atoms with Crippen LogP contribution in [0.1, 0.15) is 35.6 Å². The number of benzene rings is 1. The fourth-order valence-electron chi connectivity index (χ4n) is 4.74. The molecule has 2 heterocycles. The minimum Gasteiger partial charge on any atom is -0.497 e. The molecule has 1 saturated heterocycles. The fraction of sp³-hybridized carbons (Fsp3) is 0.500. The van der Waals surface area contributed by atoms with E-state index < -0.39 is 0 Å². The van der Waals surface area contributed by atoms with Crippen LogP contribution in [-0.2, 0) is 17.6 Å². The molecule has 1 N–H and O–H groups in total. The highest BCUT2D eigenvalue weighted by atomic mass is 16.5. The summed E-state index contributed by atoms with van der Waals surface area (Å²) in [4.78, 5) is 8.29. The molecule has 1 fully saturated rings. The van der Waals surface area contributed by atoms with E-state index >= 15 is 0 Å². The molecule has 0 radical (unpaired) electrons. The number of ether oxygens (including phenoxy) is 2. The molecule has 5 heteroatoms. The highest BCUT2D eigenvalue weighted by Crippen LogP contribution is 2.54. The molecule has 1 aromatic heterocycles. The SMILES string of the molecule is COc1ccc2c(c1)C(OC)C1(CCNC(Cc3cncnc3)C1)C2. The minimum atomic E-state index is 0.134. The summed E-state index contributed by atoms with van der Waals surface area (Å²) >= 11 is 0. The van der Waals surface area contributed by atoms with Crippen molar-refractivity contribution in [3.63, 3.8) is 0 Å². The van der Waals surface area contributed by atoms with Crippen LogP contribution >= 0.6 is 0 Å². The lowest BCUT2D eigenvalue weighted by Gasteiger charge is -2.42. The molecule has 0 amide bonds. The van der Waals surface area contributed by atoms with Crippen LogP contribution in [-0.4, -0.2) is 36.8 Å². The maximum atomic E-state index is 6.02. The van der Waals surface area contributed by atoms with E-state index in [1.807, 2.05) is 19.5 Å². The first kappa shape index (κ1) is 16.5. The number of nitrogens with one attached hydrogen (secondary N) is 1. The molecule has 1 aliphatic carbocycles. The van der Waals surface area contributed by atoms with E-state index in [4.69, 9.17) is 9.47 Å². The van der Waals surface area contributed by atoms with Gasteiger partial charge in [-0.1, -0.05) is 6.07 Å². The Hall–Kier alpha value is -1.98. The number of rotatable bonds is 4. The Labute approximate surface area is 148 Å². The molecule has 3 atom stereocenters. The van der Waals surface area contributed by atoms with Gasteiger partial charge in [0.05, 0.1) is 13.2 Å². The largest absolute Gasteiger partial charge is 0.497 e. The predicted octanol–water partition coefficient (Wildman–Crippen LogP) is 2.71. The zero-order valence-electron chi connectivity index (χ0n) is 14.9. The average Bonchev–Trinajstić information content (AvgIpc) is 2.93. The van der Waals surface area contributed by atoms with Gasteiger partial charge < -0.3 is 14.8 Å². The molecule has 0 saturated carbocycles. The van der Waals surface area contributed by atoms with Gasteiger partial charge in [0.25, 0.3) is 0 Å². The summed E-state index contributed by atoms with van der Waals surface area (Å²) in [5.41, 5.74) is 4.04. The molecular weight excluding hydrogens is 314 g/mol. The van der Waals surface area contributed by atoms with Gasteiger partial charge in [-0.25, -0.2) is 9.97 Å². The molecule has 1 spiro atoms. The number of nitrogens with zero attached hydrogens (tertiary/aromatic N) is 2. The first-order valence-corrected chi connectivity index (χ1v) is 8.91. The van der Waals surface area contributed by atoms with Crippen LogP contribution in [0.2, 0.25) is 0 Å². The van der Waals surface area contributed by atoms with Gasteiger partial charge in [-0.2, -0.15) is 0 Å². The summed E-state index contributed by atoms with van der Waals surface area (Å²) in [5, 5.41) is 3.68. The molecule has 25 heavy (non-hydrogen) atoms. The van der Waals surface area contributed by atoms with E-state index in [1.165, 1.54) is 16.7 Å². The van der Waals surface area contributed by atoms with E-state index in [0.29, 0.717) is 6.04 Å².